The Bertz CT molecular complexity index is 1060. The van der Waals surface area contributed by atoms with E-state index in [0.29, 0.717) is 6.54 Å². The topological polar surface area (TPSA) is 53.1 Å². The van der Waals surface area contributed by atoms with Gasteiger partial charge < -0.3 is 9.15 Å². The number of ether oxygens (including phenoxy) is 1. The molecule has 2 aromatic heterocycles. The van der Waals surface area contributed by atoms with Crippen LogP contribution in [-0.4, -0.2) is 21.9 Å². The van der Waals surface area contributed by atoms with E-state index < -0.39 is 0 Å². The van der Waals surface area contributed by atoms with E-state index in [1.807, 2.05) is 42.5 Å². The number of benzene rings is 2. The highest BCUT2D eigenvalue weighted by atomic mass is 32.2. The molecule has 0 N–H and O–H groups in total. The number of thioether (sulfide) groups is 1. The molecule has 0 aliphatic rings. The van der Waals surface area contributed by atoms with Crippen LogP contribution in [0.2, 0.25) is 0 Å². The van der Waals surface area contributed by atoms with E-state index in [1.54, 1.807) is 25.1 Å². The van der Waals surface area contributed by atoms with Crippen LogP contribution in [0.25, 0.3) is 11.4 Å². The van der Waals surface area contributed by atoms with Gasteiger partial charge in [0.1, 0.15) is 11.5 Å². The Balaban J connectivity index is 1.65. The zero-order valence-electron chi connectivity index (χ0n) is 15.8. The molecule has 0 saturated heterocycles. The van der Waals surface area contributed by atoms with E-state index in [1.165, 1.54) is 11.1 Å². The Labute approximate surface area is 168 Å². The second kappa shape index (κ2) is 8.35. The summed E-state index contributed by atoms with van der Waals surface area (Å²) in [6, 6.07) is 20.2. The molecule has 4 rings (SSSR count). The highest BCUT2D eigenvalue weighted by Crippen LogP contribution is 2.29. The van der Waals surface area contributed by atoms with Crippen LogP contribution in [-0.2, 0) is 12.3 Å². The van der Waals surface area contributed by atoms with Crippen LogP contribution in [0, 0.1) is 6.92 Å². The second-order valence-electron chi connectivity index (χ2n) is 6.43. The molecule has 0 aliphatic heterocycles. The van der Waals surface area contributed by atoms with Gasteiger partial charge in [-0.2, -0.15) is 0 Å². The molecule has 142 valence electrons. The van der Waals surface area contributed by atoms with Crippen LogP contribution in [0.15, 0.2) is 76.5 Å². The van der Waals surface area contributed by atoms with Crippen molar-refractivity contribution in [3.8, 4) is 17.1 Å². The molecule has 6 heteroatoms. The summed E-state index contributed by atoms with van der Waals surface area (Å²) < 4.78 is 13.0. The van der Waals surface area contributed by atoms with Crippen molar-refractivity contribution in [2.45, 2.75) is 24.4 Å². The molecular weight excluding hydrogens is 370 g/mol. The van der Waals surface area contributed by atoms with Crippen LogP contribution in [0.5, 0.6) is 5.75 Å². The number of furan rings is 1. The molecule has 0 spiro atoms. The average Bonchev–Trinajstić information content (AvgIpc) is 3.38. The van der Waals surface area contributed by atoms with Gasteiger partial charge in [-0.25, -0.2) is 0 Å². The molecule has 2 heterocycles. The molecule has 0 bridgehead atoms. The number of hydrogen-bond donors (Lipinski definition) is 0. The Hall–Kier alpha value is -2.99. The zero-order chi connectivity index (χ0) is 19.3. The van der Waals surface area contributed by atoms with E-state index in [0.717, 1.165) is 33.8 Å². The Morgan fingerprint density at radius 2 is 1.93 bits per heavy atom. The van der Waals surface area contributed by atoms with Gasteiger partial charge in [0.2, 0.25) is 0 Å². The van der Waals surface area contributed by atoms with Gasteiger partial charge >= 0.3 is 0 Å². The SMILES string of the molecule is COc1cccc(CSc2nnc(-c3ccccc3C)n2Cc2ccco2)c1. The number of methoxy groups -OCH3 is 1. The van der Waals surface area contributed by atoms with Crippen molar-refractivity contribution >= 4 is 11.8 Å². The lowest BCUT2D eigenvalue weighted by atomic mass is 10.1. The first-order valence-corrected chi connectivity index (χ1v) is 10.0. The second-order valence-corrected chi connectivity index (χ2v) is 7.37. The van der Waals surface area contributed by atoms with Crippen molar-refractivity contribution in [2.24, 2.45) is 0 Å². The molecule has 5 nitrogen and oxygen atoms in total. The molecule has 0 fully saturated rings. The fourth-order valence-corrected chi connectivity index (χ4v) is 3.91. The summed E-state index contributed by atoms with van der Waals surface area (Å²) in [6.45, 7) is 2.68. The number of rotatable bonds is 7. The average molecular weight is 391 g/mol. The smallest absolute Gasteiger partial charge is 0.192 e. The molecule has 0 saturated carbocycles. The summed E-state index contributed by atoms with van der Waals surface area (Å²) in [5, 5.41) is 9.83. The van der Waals surface area contributed by atoms with Gasteiger partial charge in [0.05, 0.1) is 19.9 Å². The Morgan fingerprint density at radius 1 is 1.04 bits per heavy atom. The van der Waals surface area contributed by atoms with Gasteiger partial charge in [0.15, 0.2) is 11.0 Å². The van der Waals surface area contributed by atoms with E-state index >= 15 is 0 Å². The van der Waals surface area contributed by atoms with Crippen molar-refractivity contribution < 1.29 is 9.15 Å². The largest absolute Gasteiger partial charge is 0.497 e. The third-order valence-electron chi connectivity index (χ3n) is 4.50. The maximum absolute atomic E-state index is 5.57. The summed E-state index contributed by atoms with van der Waals surface area (Å²) in [5.41, 5.74) is 3.42. The number of hydrogen-bond acceptors (Lipinski definition) is 5. The Kier molecular flexibility index (Phi) is 5.48. The summed E-state index contributed by atoms with van der Waals surface area (Å²) in [5.74, 6) is 3.36. The van der Waals surface area contributed by atoms with E-state index in [-0.39, 0.29) is 0 Å². The minimum Gasteiger partial charge on any atom is -0.497 e. The van der Waals surface area contributed by atoms with Gasteiger partial charge in [0.25, 0.3) is 0 Å². The van der Waals surface area contributed by atoms with E-state index in [2.05, 4.69) is 39.9 Å². The van der Waals surface area contributed by atoms with Crippen molar-refractivity contribution in [1.82, 2.24) is 14.8 Å². The van der Waals surface area contributed by atoms with Gasteiger partial charge in [-0.05, 0) is 42.3 Å². The van der Waals surface area contributed by atoms with Crippen molar-refractivity contribution in [3.05, 3.63) is 83.8 Å². The first-order chi connectivity index (χ1) is 13.7. The fourth-order valence-electron chi connectivity index (χ4n) is 3.03. The summed E-state index contributed by atoms with van der Waals surface area (Å²) in [4.78, 5) is 0. The summed E-state index contributed by atoms with van der Waals surface area (Å²) in [6.07, 6.45) is 1.69. The van der Waals surface area contributed by atoms with Gasteiger partial charge in [-0.3, -0.25) is 4.57 Å². The molecule has 2 aromatic carbocycles. The summed E-state index contributed by atoms with van der Waals surface area (Å²) >= 11 is 1.65. The lowest BCUT2D eigenvalue weighted by Gasteiger charge is -2.10. The maximum atomic E-state index is 5.57. The zero-order valence-corrected chi connectivity index (χ0v) is 16.6. The third-order valence-corrected chi connectivity index (χ3v) is 5.54. The molecule has 4 aromatic rings. The first kappa shape index (κ1) is 18.4. The molecule has 0 atom stereocenters. The number of aryl methyl sites for hydroxylation is 1. The van der Waals surface area contributed by atoms with E-state index in [4.69, 9.17) is 9.15 Å². The highest BCUT2D eigenvalue weighted by Gasteiger charge is 2.17. The third kappa shape index (κ3) is 3.97. The normalized spacial score (nSPS) is 10.9. The van der Waals surface area contributed by atoms with Crippen LogP contribution in [0.4, 0.5) is 0 Å². The van der Waals surface area contributed by atoms with Gasteiger partial charge in [-0.15, -0.1) is 10.2 Å². The minimum absolute atomic E-state index is 0.587. The Morgan fingerprint density at radius 3 is 2.71 bits per heavy atom. The maximum Gasteiger partial charge on any atom is 0.192 e. The number of nitrogens with zero attached hydrogens (tertiary/aromatic N) is 3. The predicted octanol–water partition coefficient (Wildman–Crippen LogP) is 5.20. The van der Waals surface area contributed by atoms with Crippen LogP contribution in [0.3, 0.4) is 0 Å². The van der Waals surface area contributed by atoms with E-state index in [9.17, 15) is 0 Å². The first-order valence-electron chi connectivity index (χ1n) is 9.02. The minimum atomic E-state index is 0.587. The fraction of sp³-hybridized carbons (Fsp3) is 0.182. The molecule has 0 aliphatic carbocycles. The molecular formula is C22H21N3O2S. The van der Waals surface area contributed by atoms with Crippen molar-refractivity contribution in [3.63, 3.8) is 0 Å². The number of aromatic nitrogens is 3. The molecule has 0 unspecified atom stereocenters. The van der Waals surface area contributed by atoms with Crippen LogP contribution >= 0.6 is 11.8 Å². The van der Waals surface area contributed by atoms with Gasteiger partial charge in [0, 0.05) is 11.3 Å². The molecule has 28 heavy (non-hydrogen) atoms. The molecule has 0 radical (unpaired) electrons. The highest BCUT2D eigenvalue weighted by molar-refractivity contribution is 7.98. The summed E-state index contributed by atoms with van der Waals surface area (Å²) in [7, 11) is 1.68. The monoisotopic (exact) mass is 391 g/mol. The van der Waals surface area contributed by atoms with Crippen molar-refractivity contribution in [1.29, 1.82) is 0 Å². The lowest BCUT2D eigenvalue weighted by Crippen LogP contribution is -2.04. The quantitative estimate of drug-likeness (QED) is 0.406. The van der Waals surface area contributed by atoms with Crippen molar-refractivity contribution in [2.75, 3.05) is 7.11 Å². The standard InChI is InChI=1S/C22H21N3O2S/c1-16-7-3-4-11-20(16)21-23-24-22(25(21)14-19-10-6-12-27-19)28-15-17-8-5-9-18(13-17)26-2/h3-13H,14-15H2,1-2H3. The van der Waals surface area contributed by atoms with Crippen LogP contribution < -0.4 is 4.74 Å². The lowest BCUT2D eigenvalue weighted by molar-refractivity contribution is 0.414. The molecule has 0 amide bonds. The van der Waals surface area contributed by atoms with Gasteiger partial charge in [-0.1, -0.05) is 48.2 Å². The predicted molar refractivity (Wildman–Crippen MR) is 111 cm³/mol. The van der Waals surface area contributed by atoms with Crippen LogP contribution in [0.1, 0.15) is 16.9 Å².